The molecule has 0 amide bonds. The SMILES string of the molecule is Cc1cccc(-c2[nH]c(CNc3cccc(F)c3F)nc2-c2ccc3ncc(OC[C@H](N)C(=O)O)cc3c2)n1. The summed E-state index contributed by atoms with van der Waals surface area (Å²) >= 11 is 0. The molecule has 5 aromatic rings. The number of aromatic nitrogens is 4. The molecule has 0 spiro atoms. The maximum atomic E-state index is 14.2. The van der Waals surface area contributed by atoms with Gasteiger partial charge in [0.05, 0.1) is 41.0 Å². The van der Waals surface area contributed by atoms with Crippen LogP contribution in [0.1, 0.15) is 11.5 Å². The topological polar surface area (TPSA) is 139 Å². The highest BCUT2D eigenvalue weighted by Crippen LogP contribution is 2.32. The van der Waals surface area contributed by atoms with Crippen LogP contribution in [0.25, 0.3) is 33.5 Å². The molecule has 1 atom stereocenters. The number of aliphatic carboxylic acids is 1. The number of imidazole rings is 1. The lowest BCUT2D eigenvalue weighted by Crippen LogP contribution is -2.36. The van der Waals surface area contributed by atoms with E-state index in [0.29, 0.717) is 34.2 Å². The number of aryl methyl sites for hydroxylation is 1. The van der Waals surface area contributed by atoms with Crippen LogP contribution in [0.3, 0.4) is 0 Å². The van der Waals surface area contributed by atoms with E-state index in [0.717, 1.165) is 22.7 Å². The number of halogens is 2. The minimum absolute atomic E-state index is 0.0232. The van der Waals surface area contributed by atoms with Gasteiger partial charge in [0.15, 0.2) is 11.6 Å². The first-order chi connectivity index (χ1) is 18.8. The molecule has 0 aliphatic heterocycles. The number of H-pyrrole nitrogens is 1. The molecule has 0 saturated carbocycles. The Labute approximate surface area is 221 Å². The smallest absolute Gasteiger partial charge is 0.324 e. The van der Waals surface area contributed by atoms with E-state index < -0.39 is 23.6 Å². The standard InChI is InChI=1S/C28H24F2N6O3/c1-15-4-2-7-23(34-15)27-26(35-24(36-27)13-33-22-6-3-5-19(29)25(22)30)16-8-9-21-17(10-16)11-18(12-32-21)39-14-20(31)28(37)38/h2-12,20,33H,13-14,31H2,1H3,(H,35,36)(H,37,38)/t20-/m0/s1. The fourth-order valence-corrected chi connectivity index (χ4v) is 4.00. The van der Waals surface area contributed by atoms with Crippen LogP contribution in [0, 0.1) is 18.6 Å². The molecule has 198 valence electrons. The summed E-state index contributed by atoms with van der Waals surface area (Å²) in [5, 5.41) is 12.6. The van der Waals surface area contributed by atoms with E-state index in [1.807, 2.05) is 43.3 Å². The van der Waals surface area contributed by atoms with Gasteiger partial charge in [0, 0.05) is 16.6 Å². The number of carboxylic acid groups (broad SMARTS) is 1. The van der Waals surface area contributed by atoms with Gasteiger partial charge >= 0.3 is 5.97 Å². The number of hydrogen-bond donors (Lipinski definition) is 4. The summed E-state index contributed by atoms with van der Waals surface area (Å²) in [4.78, 5) is 28.0. The lowest BCUT2D eigenvalue weighted by atomic mass is 10.1. The van der Waals surface area contributed by atoms with Crippen LogP contribution in [0.2, 0.25) is 0 Å². The summed E-state index contributed by atoms with van der Waals surface area (Å²) in [5.41, 5.74) is 9.74. The number of anilines is 1. The highest BCUT2D eigenvalue weighted by molar-refractivity contribution is 5.87. The summed E-state index contributed by atoms with van der Waals surface area (Å²) < 4.78 is 33.3. The van der Waals surface area contributed by atoms with E-state index >= 15 is 0 Å². The van der Waals surface area contributed by atoms with Crippen molar-refractivity contribution in [2.45, 2.75) is 19.5 Å². The van der Waals surface area contributed by atoms with Gasteiger partial charge in [-0.05, 0) is 49.4 Å². The Hall–Kier alpha value is -4.90. The zero-order valence-electron chi connectivity index (χ0n) is 20.8. The van der Waals surface area contributed by atoms with Crippen molar-refractivity contribution in [1.29, 1.82) is 0 Å². The average Bonchev–Trinajstić information content (AvgIpc) is 3.36. The second kappa shape index (κ2) is 10.8. The van der Waals surface area contributed by atoms with Crippen molar-refractivity contribution < 1.29 is 23.4 Å². The van der Waals surface area contributed by atoms with Crippen molar-refractivity contribution in [1.82, 2.24) is 19.9 Å². The van der Waals surface area contributed by atoms with Crippen molar-refractivity contribution >= 4 is 22.6 Å². The Morgan fingerprint density at radius 2 is 1.95 bits per heavy atom. The number of aromatic amines is 1. The number of fused-ring (bicyclic) bond motifs is 1. The molecule has 9 nitrogen and oxygen atoms in total. The third-order valence-corrected chi connectivity index (χ3v) is 5.97. The van der Waals surface area contributed by atoms with Gasteiger partial charge in [-0.25, -0.2) is 13.8 Å². The molecule has 0 saturated heterocycles. The van der Waals surface area contributed by atoms with Crippen molar-refractivity contribution in [3.63, 3.8) is 0 Å². The number of rotatable bonds is 9. The number of nitrogens with one attached hydrogen (secondary N) is 2. The Morgan fingerprint density at radius 3 is 2.74 bits per heavy atom. The minimum Gasteiger partial charge on any atom is -0.490 e. The number of pyridine rings is 2. The molecule has 5 N–H and O–H groups in total. The first-order valence-corrected chi connectivity index (χ1v) is 12.0. The average molecular weight is 531 g/mol. The number of hydrogen-bond acceptors (Lipinski definition) is 7. The van der Waals surface area contributed by atoms with E-state index in [2.05, 4.69) is 20.3 Å². The molecule has 0 fully saturated rings. The van der Waals surface area contributed by atoms with Crippen molar-refractivity contribution in [3.05, 3.63) is 90.0 Å². The number of carboxylic acids is 1. The highest BCUT2D eigenvalue weighted by Gasteiger charge is 2.17. The molecule has 39 heavy (non-hydrogen) atoms. The number of nitrogens with two attached hydrogens (primary N) is 1. The Balaban J connectivity index is 1.50. The predicted molar refractivity (Wildman–Crippen MR) is 142 cm³/mol. The van der Waals surface area contributed by atoms with E-state index in [-0.39, 0.29) is 18.8 Å². The molecule has 3 aromatic heterocycles. The predicted octanol–water partition coefficient (Wildman–Crippen LogP) is 4.68. The van der Waals surface area contributed by atoms with Gasteiger partial charge in [-0.3, -0.25) is 14.8 Å². The van der Waals surface area contributed by atoms with E-state index in [4.69, 9.17) is 20.6 Å². The zero-order valence-corrected chi connectivity index (χ0v) is 20.8. The summed E-state index contributed by atoms with van der Waals surface area (Å²) in [6, 6.07) is 15.7. The lowest BCUT2D eigenvalue weighted by molar-refractivity contribution is -0.139. The van der Waals surface area contributed by atoms with Crippen molar-refractivity contribution in [3.8, 4) is 28.4 Å². The normalized spacial score (nSPS) is 11.9. The molecule has 0 unspecified atom stereocenters. The van der Waals surface area contributed by atoms with Crippen LogP contribution in [0.5, 0.6) is 5.75 Å². The molecular formula is C28H24F2N6O3. The van der Waals surface area contributed by atoms with E-state index in [1.165, 1.54) is 18.3 Å². The fraction of sp³-hybridized carbons (Fsp3) is 0.143. The number of benzene rings is 2. The maximum absolute atomic E-state index is 14.2. The molecule has 0 aliphatic rings. The minimum atomic E-state index is -1.16. The van der Waals surface area contributed by atoms with Crippen LogP contribution in [-0.4, -0.2) is 43.7 Å². The molecule has 0 aliphatic carbocycles. The first kappa shape index (κ1) is 25.7. The van der Waals surface area contributed by atoms with Gasteiger partial charge in [0.25, 0.3) is 0 Å². The second-order valence-corrected chi connectivity index (χ2v) is 8.86. The summed E-state index contributed by atoms with van der Waals surface area (Å²) in [6.45, 7) is 1.79. The van der Waals surface area contributed by atoms with Gasteiger partial charge in [-0.1, -0.05) is 18.2 Å². The van der Waals surface area contributed by atoms with Gasteiger partial charge in [-0.15, -0.1) is 0 Å². The van der Waals surface area contributed by atoms with Gasteiger partial charge in [0.1, 0.15) is 24.2 Å². The first-order valence-electron chi connectivity index (χ1n) is 12.0. The molecule has 3 heterocycles. The van der Waals surface area contributed by atoms with Crippen LogP contribution in [0.15, 0.2) is 66.9 Å². The molecule has 2 aromatic carbocycles. The van der Waals surface area contributed by atoms with Gasteiger partial charge < -0.3 is 25.9 Å². The van der Waals surface area contributed by atoms with Crippen LogP contribution >= 0.6 is 0 Å². The number of nitrogens with zero attached hydrogens (tertiary/aromatic N) is 3. The Morgan fingerprint density at radius 1 is 1.13 bits per heavy atom. The zero-order chi connectivity index (χ0) is 27.5. The van der Waals surface area contributed by atoms with Crippen LogP contribution < -0.4 is 15.8 Å². The molecule has 5 rings (SSSR count). The van der Waals surface area contributed by atoms with Gasteiger partial charge in [-0.2, -0.15) is 0 Å². The fourth-order valence-electron chi connectivity index (χ4n) is 4.00. The van der Waals surface area contributed by atoms with Crippen molar-refractivity contribution in [2.24, 2.45) is 5.73 Å². The molecule has 11 heteroatoms. The number of ether oxygens (including phenoxy) is 1. The second-order valence-electron chi connectivity index (χ2n) is 8.86. The largest absolute Gasteiger partial charge is 0.490 e. The van der Waals surface area contributed by atoms with Crippen molar-refractivity contribution in [2.75, 3.05) is 11.9 Å². The van der Waals surface area contributed by atoms with E-state index in [1.54, 1.807) is 6.07 Å². The molecule has 0 radical (unpaired) electrons. The lowest BCUT2D eigenvalue weighted by Gasteiger charge is -2.10. The number of carbonyl (C=O) groups is 1. The molecule has 0 bridgehead atoms. The highest BCUT2D eigenvalue weighted by atomic mass is 19.2. The Bertz CT molecular complexity index is 1670. The van der Waals surface area contributed by atoms with E-state index in [9.17, 15) is 13.6 Å². The third kappa shape index (κ3) is 5.68. The van der Waals surface area contributed by atoms with Gasteiger partial charge in [0.2, 0.25) is 0 Å². The summed E-state index contributed by atoms with van der Waals surface area (Å²) in [5.74, 6) is -2.20. The maximum Gasteiger partial charge on any atom is 0.324 e. The van der Waals surface area contributed by atoms with Crippen LogP contribution in [0.4, 0.5) is 14.5 Å². The summed E-state index contributed by atoms with van der Waals surface area (Å²) in [6.07, 6.45) is 1.50. The third-order valence-electron chi connectivity index (χ3n) is 5.97. The monoisotopic (exact) mass is 530 g/mol. The Kier molecular flexibility index (Phi) is 7.15. The molecular weight excluding hydrogens is 506 g/mol. The quantitative estimate of drug-likeness (QED) is 0.216. The van der Waals surface area contributed by atoms with Crippen LogP contribution in [-0.2, 0) is 11.3 Å². The summed E-state index contributed by atoms with van der Waals surface area (Å²) in [7, 11) is 0.